The molecule has 0 fully saturated rings. The molecule has 2 aromatic carbocycles. The zero-order chi connectivity index (χ0) is 19.7. The van der Waals surface area contributed by atoms with Gasteiger partial charge in [0.05, 0.1) is 11.6 Å². The lowest BCUT2D eigenvalue weighted by molar-refractivity contribution is 0.0696. The normalized spacial score (nSPS) is 30.8. The van der Waals surface area contributed by atoms with Crippen LogP contribution in [0, 0.1) is 11.8 Å². The first kappa shape index (κ1) is 17.3. The topological polar surface area (TPSA) is 40.5 Å². The van der Waals surface area contributed by atoms with Crippen molar-refractivity contribution in [3.63, 3.8) is 0 Å². The minimum atomic E-state index is -0.835. The van der Waals surface area contributed by atoms with Crippen molar-refractivity contribution in [2.24, 2.45) is 11.8 Å². The van der Waals surface area contributed by atoms with E-state index in [1.807, 2.05) is 24.3 Å². The maximum atomic E-state index is 11.9. The lowest BCUT2D eigenvalue weighted by atomic mass is 9.70. The lowest BCUT2D eigenvalue weighted by Gasteiger charge is -2.51. The molecule has 2 heterocycles. The largest absolute Gasteiger partial charge is 0.478 e. The molecule has 5 atom stereocenters. The van der Waals surface area contributed by atoms with Gasteiger partial charge in [-0.2, -0.15) is 0 Å². The number of rotatable bonds is 2. The van der Waals surface area contributed by atoms with E-state index >= 15 is 0 Å². The molecule has 4 aliphatic rings. The number of fused-ring (bicyclic) bond motifs is 4. The molecule has 2 aliphatic carbocycles. The van der Waals surface area contributed by atoms with Crippen LogP contribution < -0.4 is 4.90 Å². The van der Waals surface area contributed by atoms with Crippen LogP contribution in [0.4, 0.5) is 5.69 Å². The number of hydrogen-bond donors (Lipinski definition) is 1. The molecule has 0 radical (unpaired) electrons. The molecular weight excluding hydrogens is 382 g/mol. The molecule has 4 heteroatoms. The summed E-state index contributed by atoms with van der Waals surface area (Å²) < 4.78 is 0. The Morgan fingerprint density at radius 3 is 2.45 bits per heavy atom. The zero-order valence-electron chi connectivity index (χ0n) is 16.0. The summed E-state index contributed by atoms with van der Waals surface area (Å²) in [6, 6.07) is 12.5. The van der Waals surface area contributed by atoms with Crippen molar-refractivity contribution >= 4 is 23.3 Å². The predicted octanol–water partition coefficient (Wildman–Crippen LogP) is 5.93. The van der Waals surface area contributed by atoms with Gasteiger partial charge in [-0.15, -0.1) is 0 Å². The van der Waals surface area contributed by atoms with Crippen LogP contribution >= 0.6 is 11.6 Å². The first-order valence-electron chi connectivity index (χ1n) is 10.4. The smallest absolute Gasteiger partial charge is 0.335 e. The van der Waals surface area contributed by atoms with Crippen LogP contribution in [0.25, 0.3) is 0 Å². The molecule has 146 valence electrons. The van der Waals surface area contributed by atoms with Crippen LogP contribution in [0.2, 0.25) is 5.02 Å². The number of halogens is 1. The molecule has 0 saturated heterocycles. The van der Waals surface area contributed by atoms with Crippen LogP contribution in [0.5, 0.6) is 0 Å². The molecule has 0 spiro atoms. The number of nitrogens with zero attached hydrogens (tertiary/aromatic N) is 1. The van der Waals surface area contributed by atoms with Gasteiger partial charge in [-0.3, -0.25) is 0 Å². The van der Waals surface area contributed by atoms with Gasteiger partial charge in [0.25, 0.3) is 0 Å². The standard InChI is InChI=1S/C25H22ClNO2/c26-17-9-7-14(8-10-17)23-20-6-2-5-19(20)22-12-16(25(28)29)11-21-18-4-1-3-15(18)13-27(23)24(21)22/h1-2,4-5,7-12,15,18-20,23H,3,6,13H2,(H,28,29). The van der Waals surface area contributed by atoms with E-state index in [1.54, 1.807) is 0 Å². The molecule has 0 saturated carbocycles. The van der Waals surface area contributed by atoms with Gasteiger partial charge in [-0.05, 0) is 65.6 Å². The highest BCUT2D eigenvalue weighted by Gasteiger charge is 2.48. The fourth-order valence-electron chi connectivity index (χ4n) is 6.14. The Bertz CT molecular complexity index is 1050. The fourth-order valence-corrected chi connectivity index (χ4v) is 6.26. The highest BCUT2D eigenvalue weighted by atomic mass is 35.5. The average molecular weight is 404 g/mol. The lowest BCUT2D eigenvalue weighted by Crippen LogP contribution is -2.46. The highest BCUT2D eigenvalue weighted by molar-refractivity contribution is 6.30. The van der Waals surface area contributed by atoms with E-state index < -0.39 is 5.97 Å². The summed E-state index contributed by atoms with van der Waals surface area (Å²) >= 11 is 6.18. The number of carboxylic acid groups (broad SMARTS) is 1. The number of carboxylic acids is 1. The minimum absolute atomic E-state index is 0.266. The van der Waals surface area contributed by atoms with Crippen LogP contribution in [0.1, 0.15) is 57.8 Å². The van der Waals surface area contributed by atoms with Gasteiger partial charge in [-0.25, -0.2) is 4.79 Å². The molecular formula is C25H22ClNO2. The van der Waals surface area contributed by atoms with Gasteiger partial charge in [0.1, 0.15) is 0 Å². The Kier molecular flexibility index (Phi) is 3.73. The maximum Gasteiger partial charge on any atom is 0.335 e. The molecule has 2 aromatic rings. The molecule has 0 aromatic heterocycles. The summed E-state index contributed by atoms with van der Waals surface area (Å²) in [4.78, 5) is 14.5. The van der Waals surface area contributed by atoms with Gasteiger partial charge in [-0.1, -0.05) is 48.0 Å². The van der Waals surface area contributed by atoms with E-state index in [-0.39, 0.29) is 12.0 Å². The van der Waals surface area contributed by atoms with Gasteiger partial charge < -0.3 is 10.0 Å². The first-order valence-corrected chi connectivity index (χ1v) is 10.8. The van der Waals surface area contributed by atoms with E-state index in [0.717, 1.165) is 24.4 Å². The van der Waals surface area contributed by atoms with Crippen molar-refractivity contribution < 1.29 is 9.90 Å². The Hall–Kier alpha value is -2.52. The summed E-state index contributed by atoms with van der Waals surface area (Å²) in [6.07, 6.45) is 11.2. The number of carbonyl (C=O) groups is 1. The Morgan fingerprint density at radius 1 is 1.00 bits per heavy atom. The number of benzene rings is 2. The Labute approximate surface area is 175 Å². The van der Waals surface area contributed by atoms with Crippen molar-refractivity contribution in [3.8, 4) is 0 Å². The van der Waals surface area contributed by atoms with Crippen LogP contribution in [0.3, 0.4) is 0 Å². The summed E-state index contributed by atoms with van der Waals surface area (Å²) in [6.45, 7) is 1.01. The molecule has 1 N–H and O–H groups in total. The van der Waals surface area contributed by atoms with E-state index in [2.05, 4.69) is 41.3 Å². The van der Waals surface area contributed by atoms with Crippen molar-refractivity contribution in [1.29, 1.82) is 0 Å². The fraction of sp³-hybridized carbons (Fsp3) is 0.320. The van der Waals surface area contributed by atoms with Gasteiger partial charge in [0, 0.05) is 29.1 Å². The van der Waals surface area contributed by atoms with E-state index in [1.165, 1.54) is 22.4 Å². The van der Waals surface area contributed by atoms with Crippen molar-refractivity contribution in [2.75, 3.05) is 11.4 Å². The number of allylic oxidation sites excluding steroid dienone is 4. The van der Waals surface area contributed by atoms with Gasteiger partial charge in [0.2, 0.25) is 0 Å². The van der Waals surface area contributed by atoms with Crippen LogP contribution in [-0.2, 0) is 0 Å². The molecule has 2 aliphatic heterocycles. The van der Waals surface area contributed by atoms with Crippen LogP contribution in [0.15, 0.2) is 60.7 Å². The third-order valence-electron chi connectivity index (χ3n) is 7.31. The molecule has 5 unspecified atom stereocenters. The second kappa shape index (κ2) is 6.24. The maximum absolute atomic E-state index is 11.9. The van der Waals surface area contributed by atoms with Crippen molar-refractivity contribution in [3.05, 3.63) is 88.0 Å². The molecule has 3 nitrogen and oxygen atoms in total. The quantitative estimate of drug-likeness (QED) is 0.631. The van der Waals surface area contributed by atoms with Crippen LogP contribution in [-0.4, -0.2) is 17.6 Å². The summed E-state index contributed by atoms with van der Waals surface area (Å²) in [5.41, 5.74) is 5.39. The SMILES string of the molecule is O=C(O)c1cc2c3c(c1)C1C=CCC1C(c1ccc(Cl)cc1)N3CC1CC=CC21. The number of aromatic carboxylic acids is 1. The predicted molar refractivity (Wildman–Crippen MR) is 115 cm³/mol. The summed E-state index contributed by atoms with van der Waals surface area (Å²) in [7, 11) is 0. The summed E-state index contributed by atoms with van der Waals surface area (Å²) in [5, 5.41) is 10.5. The number of hydrogen-bond acceptors (Lipinski definition) is 2. The van der Waals surface area contributed by atoms with Gasteiger partial charge >= 0.3 is 5.97 Å². The first-order chi connectivity index (χ1) is 14.1. The Morgan fingerprint density at radius 2 is 1.69 bits per heavy atom. The van der Waals surface area contributed by atoms with Crippen molar-refractivity contribution in [2.45, 2.75) is 30.7 Å². The molecule has 29 heavy (non-hydrogen) atoms. The Balaban J connectivity index is 1.59. The second-order valence-electron chi connectivity index (χ2n) is 8.76. The monoisotopic (exact) mass is 403 g/mol. The van der Waals surface area contributed by atoms with E-state index in [4.69, 9.17) is 11.6 Å². The highest BCUT2D eigenvalue weighted by Crippen LogP contribution is 2.58. The van der Waals surface area contributed by atoms with Gasteiger partial charge in [0.15, 0.2) is 0 Å². The molecule has 0 amide bonds. The minimum Gasteiger partial charge on any atom is -0.478 e. The number of anilines is 1. The van der Waals surface area contributed by atoms with E-state index in [9.17, 15) is 9.90 Å². The average Bonchev–Trinajstić information content (AvgIpc) is 3.38. The zero-order valence-corrected chi connectivity index (χ0v) is 16.7. The van der Waals surface area contributed by atoms with E-state index in [0.29, 0.717) is 23.3 Å². The van der Waals surface area contributed by atoms with Crippen molar-refractivity contribution in [1.82, 2.24) is 0 Å². The third kappa shape index (κ3) is 2.47. The third-order valence-corrected chi connectivity index (χ3v) is 7.56. The summed E-state index contributed by atoms with van der Waals surface area (Å²) in [5.74, 6) is 0.693. The second-order valence-corrected chi connectivity index (χ2v) is 9.20. The molecule has 0 bridgehead atoms. The molecule has 6 rings (SSSR count).